The van der Waals surface area contributed by atoms with Gasteiger partial charge in [0.1, 0.15) is 0 Å². The lowest BCUT2D eigenvalue weighted by Crippen LogP contribution is -2.39. The van der Waals surface area contributed by atoms with Gasteiger partial charge in [-0.05, 0) is 49.3 Å². The number of rotatable bonds is 3. The van der Waals surface area contributed by atoms with Crippen molar-refractivity contribution in [2.75, 3.05) is 12.4 Å². The lowest BCUT2D eigenvalue weighted by atomic mass is 9.89. The average Bonchev–Trinajstić information content (AvgIpc) is 2.55. The Morgan fingerprint density at radius 2 is 1.73 bits per heavy atom. The zero-order valence-corrected chi connectivity index (χ0v) is 13.5. The molecule has 6 heteroatoms. The molecule has 2 amide bonds. The van der Waals surface area contributed by atoms with E-state index in [4.69, 9.17) is 12.2 Å². The van der Waals surface area contributed by atoms with Crippen molar-refractivity contribution in [3.63, 3.8) is 0 Å². The molecule has 2 rings (SSSR count). The summed E-state index contributed by atoms with van der Waals surface area (Å²) in [6.07, 6.45) is 5.31. The average molecular weight is 319 g/mol. The second kappa shape index (κ2) is 7.89. The summed E-state index contributed by atoms with van der Waals surface area (Å²) in [6.45, 7) is 0. The van der Waals surface area contributed by atoms with Crippen LogP contribution in [-0.2, 0) is 4.79 Å². The summed E-state index contributed by atoms with van der Waals surface area (Å²) < 4.78 is 0. The van der Waals surface area contributed by atoms with E-state index >= 15 is 0 Å². The summed E-state index contributed by atoms with van der Waals surface area (Å²) in [7, 11) is 1.59. The number of carbonyl (C=O) groups is 2. The summed E-state index contributed by atoms with van der Waals surface area (Å²) >= 11 is 5.17. The van der Waals surface area contributed by atoms with Gasteiger partial charge in [-0.25, -0.2) is 0 Å². The monoisotopic (exact) mass is 319 g/mol. The number of anilines is 1. The number of hydrogen-bond acceptors (Lipinski definition) is 3. The molecule has 0 aromatic heterocycles. The van der Waals surface area contributed by atoms with Crippen LogP contribution in [0.15, 0.2) is 24.3 Å². The van der Waals surface area contributed by atoms with E-state index in [-0.39, 0.29) is 17.7 Å². The molecule has 0 aliphatic heterocycles. The van der Waals surface area contributed by atoms with Crippen molar-refractivity contribution in [2.45, 2.75) is 32.1 Å². The lowest BCUT2D eigenvalue weighted by molar-refractivity contribution is -0.124. The number of nitrogens with one attached hydrogen (secondary N) is 3. The van der Waals surface area contributed by atoms with Crippen LogP contribution in [0.1, 0.15) is 42.5 Å². The molecule has 0 spiro atoms. The molecule has 118 valence electrons. The Bertz CT molecular complexity index is 551. The van der Waals surface area contributed by atoms with Crippen LogP contribution in [0.25, 0.3) is 0 Å². The Morgan fingerprint density at radius 1 is 1.09 bits per heavy atom. The Kier molecular flexibility index (Phi) is 5.89. The minimum absolute atomic E-state index is 0.000758. The molecule has 0 unspecified atom stereocenters. The standard InChI is InChI=1S/C16H21N3O2S/c1-17-14(20)12-7-9-13(10-8-12)18-16(22)19-15(21)11-5-3-2-4-6-11/h7-11H,2-6H2,1H3,(H,17,20)(H2,18,19,21,22). The molecule has 5 nitrogen and oxygen atoms in total. The van der Waals surface area contributed by atoms with E-state index in [1.807, 2.05) is 0 Å². The zero-order valence-electron chi connectivity index (χ0n) is 12.6. The molecule has 0 bridgehead atoms. The molecule has 1 aliphatic rings. The second-order valence-electron chi connectivity index (χ2n) is 5.43. The third-order valence-electron chi connectivity index (χ3n) is 3.84. The van der Waals surface area contributed by atoms with Crippen molar-refractivity contribution in [1.82, 2.24) is 10.6 Å². The fourth-order valence-electron chi connectivity index (χ4n) is 2.59. The molecule has 0 saturated heterocycles. The number of benzene rings is 1. The molecule has 22 heavy (non-hydrogen) atoms. The maximum atomic E-state index is 12.1. The number of hydrogen-bond donors (Lipinski definition) is 3. The van der Waals surface area contributed by atoms with E-state index in [0.717, 1.165) is 31.4 Å². The van der Waals surface area contributed by atoms with Crippen LogP contribution in [0.3, 0.4) is 0 Å². The van der Waals surface area contributed by atoms with Crippen LogP contribution < -0.4 is 16.0 Å². The minimum Gasteiger partial charge on any atom is -0.355 e. The second-order valence-corrected chi connectivity index (χ2v) is 5.84. The smallest absolute Gasteiger partial charge is 0.251 e. The highest BCUT2D eigenvalue weighted by molar-refractivity contribution is 7.80. The van der Waals surface area contributed by atoms with Gasteiger partial charge in [0.15, 0.2) is 5.11 Å². The van der Waals surface area contributed by atoms with E-state index in [2.05, 4.69) is 16.0 Å². The van der Waals surface area contributed by atoms with Crippen molar-refractivity contribution >= 4 is 34.8 Å². The van der Waals surface area contributed by atoms with E-state index in [1.54, 1.807) is 31.3 Å². The quantitative estimate of drug-likeness (QED) is 0.749. The SMILES string of the molecule is CNC(=O)c1ccc(NC(=S)NC(=O)C2CCCCC2)cc1. The molecule has 0 heterocycles. The molecule has 1 aromatic carbocycles. The van der Waals surface area contributed by atoms with Crippen LogP contribution in [0.2, 0.25) is 0 Å². The fraction of sp³-hybridized carbons (Fsp3) is 0.438. The highest BCUT2D eigenvalue weighted by Gasteiger charge is 2.21. The van der Waals surface area contributed by atoms with Gasteiger partial charge >= 0.3 is 0 Å². The van der Waals surface area contributed by atoms with Crippen molar-refractivity contribution < 1.29 is 9.59 Å². The topological polar surface area (TPSA) is 70.2 Å². The van der Waals surface area contributed by atoms with Crippen molar-refractivity contribution in [1.29, 1.82) is 0 Å². The van der Waals surface area contributed by atoms with Crippen LogP contribution in [0, 0.1) is 5.92 Å². The largest absolute Gasteiger partial charge is 0.355 e. The number of thiocarbonyl (C=S) groups is 1. The van der Waals surface area contributed by atoms with Gasteiger partial charge in [0.05, 0.1) is 0 Å². The molecular weight excluding hydrogens is 298 g/mol. The summed E-state index contributed by atoms with van der Waals surface area (Å²) in [6, 6.07) is 6.91. The maximum absolute atomic E-state index is 12.1. The lowest BCUT2D eigenvalue weighted by Gasteiger charge is -2.21. The molecule has 1 fully saturated rings. The number of carbonyl (C=O) groups excluding carboxylic acids is 2. The zero-order chi connectivity index (χ0) is 15.9. The number of amides is 2. The van der Waals surface area contributed by atoms with Gasteiger partial charge in [-0.3, -0.25) is 9.59 Å². The van der Waals surface area contributed by atoms with E-state index in [0.29, 0.717) is 10.7 Å². The molecular formula is C16H21N3O2S. The first kappa shape index (κ1) is 16.4. The van der Waals surface area contributed by atoms with Gasteiger partial charge in [-0.2, -0.15) is 0 Å². The Hall–Kier alpha value is -1.95. The van der Waals surface area contributed by atoms with Gasteiger partial charge in [-0.15, -0.1) is 0 Å². The fourth-order valence-corrected chi connectivity index (χ4v) is 2.81. The third-order valence-corrected chi connectivity index (χ3v) is 4.05. The van der Waals surface area contributed by atoms with Gasteiger partial charge in [0.25, 0.3) is 5.91 Å². The first-order chi connectivity index (χ1) is 10.6. The first-order valence-corrected chi connectivity index (χ1v) is 7.95. The molecule has 1 saturated carbocycles. The summed E-state index contributed by atoms with van der Waals surface area (Å²) in [5.41, 5.74) is 1.31. The van der Waals surface area contributed by atoms with Crippen LogP contribution in [-0.4, -0.2) is 24.0 Å². The van der Waals surface area contributed by atoms with Gasteiger partial charge in [0.2, 0.25) is 5.91 Å². The Labute approximate surface area is 135 Å². The minimum atomic E-state index is -0.139. The Morgan fingerprint density at radius 3 is 2.32 bits per heavy atom. The van der Waals surface area contributed by atoms with Crippen molar-refractivity contribution in [3.8, 4) is 0 Å². The molecule has 3 N–H and O–H groups in total. The Balaban J connectivity index is 1.86. The van der Waals surface area contributed by atoms with E-state index in [1.165, 1.54) is 6.42 Å². The van der Waals surface area contributed by atoms with Gasteiger partial charge in [-0.1, -0.05) is 19.3 Å². The van der Waals surface area contributed by atoms with E-state index in [9.17, 15) is 9.59 Å². The van der Waals surface area contributed by atoms with Crippen LogP contribution in [0.5, 0.6) is 0 Å². The molecule has 1 aromatic rings. The first-order valence-electron chi connectivity index (χ1n) is 7.54. The van der Waals surface area contributed by atoms with Gasteiger partial charge in [0, 0.05) is 24.2 Å². The molecule has 1 aliphatic carbocycles. The normalized spacial score (nSPS) is 15.0. The molecule has 0 radical (unpaired) electrons. The predicted molar refractivity (Wildman–Crippen MR) is 90.8 cm³/mol. The summed E-state index contributed by atoms with van der Waals surface area (Å²) in [5.74, 6) is -0.0666. The third kappa shape index (κ3) is 4.53. The predicted octanol–water partition coefficient (Wildman–Crippen LogP) is 2.44. The van der Waals surface area contributed by atoms with Crippen LogP contribution in [0.4, 0.5) is 5.69 Å². The van der Waals surface area contributed by atoms with Crippen LogP contribution >= 0.6 is 12.2 Å². The van der Waals surface area contributed by atoms with Gasteiger partial charge < -0.3 is 16.0 Å². The highest BCUT2D eigenvalue weighted by atomic mass is 32.1. The van der Waals surface area contributed by atoms with E-state index < -0.39 is 0 Å². The summed E-state index contributed by atoms with van der Waals surface area (Å²) in [5, 5.41) is 8.57. The molecule has 0 atom stereocenters. The van der Waals surface area contributed by atoms with Crippen molar-refractivity contribution in [2.24, 2.45) is 5.92 Å². The summed E-state index contributed by atoms with van der Waals surface area (Å²) in [4.78, 5) is 23.5. The van der Waals surface area contributed by atoms with Crippen molar-refractivity contribution in [3.05, 3.63) is 29.8 Å². The maximum Gasteiger partial charge on any atom is 0.251 e. The highest BCUT2D eigenvalue weighted by Crippen LogP contribution is 2.23.